The van der Waals surface area contributed by atoms with E-state index < -0.39 is 28.9 Å². The molecule has 0 saturated carbocycles. The molecule has 0 spiro atoms. The number of hydrogen-bond donors (Lipinski definition) is 1. The zero-order valence-electron chi connectivity index (χ0n) is 14.9. The van der Waals surface area contributed by atoms with E-state index in [-0.39, 0.29) is 23.4 Å². The van der Waals surface area contributed by atoms with Crippen LogP contribution in [-0.2, 0) is 16.1 Å². The summed E-state index contributed by atoms with van der Waals surface area (Å²) in [5.74, 6) is -3.41. The third-order valence-electron chi connectivity index (χ3n) is 5.41. The lowest BCUT2D eigenvalue weighted by atomic mass is 9.79. The van der Waals surface area contributed by atoms with Crippen molar-refractivity contribution in [3.8, 4) is 0 Å². The zero-order valence-corrected chi connectivity index (χ0v) is 14.9. The molecule has 0 aromatic heterocycles. The second kappa shape index (κ2) is 6.79. The van der Waals surface area contributed by atoms with Crippen molar-refractivity contribution in [2.24, 2.45) is 0 Å². The van der Waals surface area contributed by atoms with Crippen molar-refractivity contribution in [3.05, 3.63) is 46.7 Å². The van der Waals surface area contributed by atoms with Crippen LogP contribution in [0.1, 0.15) is 45.1 Å². The molecule has 1 aromatic carbocycles. The highest BCUT2D eigenvalue weighted by Gasteiger charge is 2.52. The molecule has 26 heavy (non-hydrogen) atoms. The maximum atomic E-state index is 14.2. The van der Waals surface area contributed by atoms with Crippen LogP contribution < -0.4 is 0 Å². The number of aliphatic hydroxyl groups excluding tert-OH is 1. The van der Waals surface area contributed by atoms with Crippen molar-refractivity contribution in [3.63, 3.8) is 0 Å². The SMILES string of the molecule is CCC12CCCCN1N(Cc1cccc(F)c1F)C(=O)C(C(C)=O)=C2O. The van der Waals surface area contributed by atoms with Gasteiger partial charge in [0.05, 0.1) is 12.1 Å². The van der Waals surface area contributed by atoms with E-state index in [1.54, 1.807) is 5.01 Å². The summed E-state index contributed by atoms with van der Waals surface area (Å²) in [4.78, 5) is 25.0. The molecule has 3 rings (SSSR count). The molecule has 1 fully saturated rings. The quantitative estimate of drug-likeness (QED) is 0.833. The first-order valence-electron chi connectivity index (χ1n) is 8.80. The molecular weight excluding hydrogens is 342 g/mol. The largest absolute Gasteiger partial charge is 0.509 e. The molecule has 0 radical (unpaired) electrons. The number of halogens is 2. The molecule has 2 aliphatic rings. The second-order valence-corrected chi connectivity index (χ2v) is 6.82. The number of benzene rings is 1. The number of nitrogens with zero attached hydrogens (tertiary/aromatic N) is 2. The van der Waals surface area contributed by atoms with Crippen LogP contribution in [0.15, 0.2) is 29.5 Å². The fourth-order valence-electron chi connectivity index (χ4n) is 4.02. The number of rotatable bonds is 4. The minimum atomic E-state index is -1.01. The summed E-state index contributed by atoms with van der Waals surface area (Å²) in [5, 5.41) is 13.8. The number of carbonyl (C=O) groups is 2. The number of Topliss-reactive ketones (excluding diaryl/α,β-unsaturated/α-hetero) is 1. The van der Waals surface area contributed by atoms with Gasteiger partial charge in [0.2, 0.25) is 0 Å². The molecule has 2 heterocycles. The summed E-state index contributed by atoms with van der Waals surface area (Å²) < 4.78 is 27.7. The van der Waals surface area contributed by atoms with Crippen LogP contribution >= 0.6 is 0 Å². The first-order chi connectivity index (χ1) is 12.3. The van der Waals surface area contributed by atoms with E-state index in [0.717, 1.165) is 18.9 Å². The summed E-state index contributed by atoms with van der Waals surface area (Å²) in [7, 11) is 0. The molecule has 1 saturated heterocycles. The number of hydrogen-bond acceptors (Lipinski definition) is 4. The predicted octanol–water partition coefficient (Wildman–Crippen LogP) is 3.26. The van der Waals surface area contributed by atoms with Crippen molar-refractivity contribution in [2.45, 2.75) is 51.6 Å². The number of ketones is 1. The van der Waals surface area contributed by atoms with E-state index in [0.29, 0.717) is 19.4 Å². The molecule has 7 heteroatoms. The zero-order chi connectivity index (χ0) is 19.1. The lowest BCUT2D eigenvalue weighted by Gasteiger charge is -2.54. The van der Waals surface area contributed by atoms with Crippen LogP contribution in [0.25, 0.3) is 0 Å². The molecular formula is C19H22F2N2O3. The van der Waals surface area contributed by atoms with Gasteiger partial charge in [-0.1, -0.05) is 19.1 Å². The maximum Gasteiger partial charge on any atom is 0.275 e. The summed E-state index contributed by atoms with van der Waals surface area (Å²) in [6.45, 7) is 3.40. The van der Waals surface area contributed by atoms with Crippen LogP contribution in [0.3, 0.4) is 0 Å². The van der Waals surface area contributed by atoms with Gasteiger partial charge >= 0.3 is 0 Å². The lowest BCUT2D eigenvalue weighted by Crippen LogP contribution is -2.65. The van der Waals surface area contributed by atoms with Gasteiger partial charge in [0.1, 0.15) is 11.3 Å². The van der Waals surface area contributed by atoms with Crippen molar-refractivity contribution in [1.82, 2.24) is 10.0 Å². The highest BCUT2D eigenvalue weighted by atomic mass is 19.2. The highest BCUT2D eigenvalue weighted by Crippen LogP contribution is 2.43. The first kappa shape index (κ1) is 18.5. The summed E-state index contributed by atoms with van der Waals surface area (Å²) >= 11 is 0. The van der Waals surface area contributed by atoms with E-state index in [4.69, 9.17) is 0 Å². The van der Waals surface area contributed by atoms with Crippen molar-refractivity contribution in [2.75, 3.05) is 6.54 Å². The summed E-state index contributed by atoms with van der Waals surface area (Å²) in [6, 6.07) is 3.81. The second-order valence-electron chi connectivity index (χ2n) is 6.82. The van der Waals surface area contributed by atoms with E-state index >= 15 is 0 Å². The number of hydrazine groups is 1. The number of amides is 1. The number of carbonyl (C=O) groups excluding carboxylic acids is 2. The summed E-state index contributed by atoms with van der Waals surface area (Å²) in [5.41, 5.74) is -1.10. The lowest BCUT2D eigenvalue weighted by molar-refractivity contribution is -0.176. The summed E-state index contributed by atoms with van der Waals surface area (Å²) in [6.07, 6.45) is 2.72. The van der Waals surface area contributed by atoms with Gasteiger partial charge in [0.25, 0.3) is 5.91 Å². The highest BCUT2D eigenvalue weighted by molar-refractivity contribution is 6.19. The van der Waals surface area contributed by atoms with Gasteiger partial charge in [-0.25, -0.2) is 13.8 Å². The van der Waals surface area contributed by atoms with Crippen molar-refractivity contribution in [1.29, 1.82) is 0 Å². The van der Waals surface area contributed by atoms with Crippen LogP contribution in [0.2, 0.25) is 0 Å². The molecule has 2 aliphatic heterocycles. The Balaban J connectivity index is 2.11. The minimum absolute atomic E-state index is 0.0261. The molecule has 1 aromatic rings. The smallest absolute Gasteiger partial charge is 0.275 e. The van der Waals surface area contributed by atoms with Gasteiger partial charge in [-0.15, -0.1) is 0 Å². The Morgan fingerprint density at radius 3 is 2.69 bits per heavy atom. The Hall–Kier alpha value is -2.28. The van der Waals surface area contributed by atoms with Crippen LogP contribution in [0.4, 0.5) is 8.78 Å². The Kier molecular flexibility index (Phi) is 4.84. The van der Waals surface area contributed by atoms with Gasteiger partial charge in [-0.05, 0) is 38.7 Å². The van der Waals surface area contributed by atoms with Gasteiger partial charge in [0, 0.05) is 12.1 Å². The fourth-order valence-corrected chi connectivity index (χ4v) is 4.02. The van der Waals surface area contributed by atoms with Crippen molar-refractivity contribution >= 4 is 11.7 Å². The predicted molar refractivity (Wildman–Crippen MR) is 90.8 cm³/mol. The molecule has 5 nitrogen and oxygen atoms in total. The van der Waals surface area contributed by atoms with Crippen LogP contribution in [-0.4, -0.2) is 38.9 Å². The van der Waals surface area contributed by atoms with Gasteiger partial charge < -0.3 is 5.11 Å². The average Bonchev–Trinajstić information content (AvgIpc) is 2.62. The Morgan fingerprint density at radius 1 is 1.31 bits per heavy atom. The van der Waals surface area contributed by atoms with Gasteiger partial charge in [-0.2, -0.15) is 0 Å². The normalized spacial score (nSPS) is 24.0. The molecule has 1 unspecified atom stereocenters. The van der Waals surface area contributed by atoms with Gasteiger partial charge in [0.15, 0.2) is 17.4 Å². The van der Waals surface area contributed by atoms with Crippen LogP contribution in [0.5, 0.6) is 0 Å². The molecule has 1 amide bonds. The van der Waals surface area contributed by atoms with E-state index in [1.807, 2.05) is 6.92 Å². The minimum Gasteiger partial charge on any atom is -0.509 e. The monoisotopic (exact) mass is 364 g/mol. The number of fused-ring (bicyclic) bond motifs is 1. The number of piperidine rings is 1. The first-order valence-corrected chi connectivity index (χ1v) is 8.80. The van der Waals surface area contributed by atoms with E-state index in [2.05, 4.69) is 0 Å². The molecule has 0 aliphatic carbocycles. The number of aliphatic hydroxyl groups is 1. The molecule has 1 atom stereocenters. The fraction of sp³-hybridized carbons (Fsp3) is 0.474. The van der Waals surface area contributed by atoms with Gasteiger partial charge in [-0.3, -0.25) is 14.6 Å². The Bertz CT molecular complexity index is 793. The third-order valence-corrected chi connectivity index (χ3v) is 5.41. The average molecular weight is 364 g/mol. The standard InChI is InChI=1S/C19H22F2N2O3/c1-3-19-9-4-5-10-23(19)22(18(26)15(12(2)24)17(19)25)11-13-7-6-8-14(20)16(13)21/h6-8,25H,3-5,9-11H2,1-2H3. The third kappa shape index (κ3) is 2.70. The maximum absolute atomic E-state index is 14.2. The molecule has 140 valence electrons. The molecule has 0 bridgehead atoms. The van der Waals surface area contributed by atoms with E-state index in [9.17, 15) is 23.5 Å². The van der Waals surface area contributed by atoms with Crippen molar-refractivity contribution < 1.29 is 23.5 Å². The molecule has 1 N–H and O–H groups in total. The van der Waals surface area contributed by atoms with E-state index in [1.165, 1.54) is 24.1 Å². The topological polar surface area (TPSA) is 60.9 Å². The Labute approximate surface area is 150 Å². The van der Waals surface area contributed by atoms with Crippen LogP contribution in [0, 0.1) is 11.6 Å². The Morgan fingerprint density at radius 2 is 2.04 bits per heavy atom.